The predicted molar refractivity (Wildman–Crippen MR) is 215 cm³/mol. The van der Waals surface area contributed by atoms with Crippen molar-refractivity contribution in [2.75, 3.05) is 5.32 Å². The lowest BCUT2D eigenvalue weighted by Crippen LogP contribution is -2.16. The molecule has 2 aliphatic carbocycles. The lowest BCUT2D eigenvalue weighted by atomic mass is 9.74. The van der Waals surface area contributed by atoms with Crippen molar-refractivity contribution in [3.8, 4) is 17.8 Å². The molecule has 4 heteroatoms. The third-order valence-corrected chi connectivity index (χ3v) is 11.0. The zero-order chi connectivity index (χ0) is 35.8. The van der Waals surface area contributed by atoms with Crippen LogP contribution in [-0.4, -0.2) is 4.57 Å². The van der Waals surface area contributed by atoms with Crippen molar-refractivity contribution < 1.29 is 0 Å². The molecule has 0 radical (unpaired) electrons. The van der Waals surface area contributed by atoms with Gasteiger partial charge in [0.05, 0.1) is 27.8 Å². The second kappa shape index (κ2) is 13.7. The molecule has 1 heterocycles. The molecule has 5 aromatic carbocycles. The van der Waals surface area contributed by atoms with E-state index in [0.29, 0.717) is 17.0 Å². The molecule has 2 aliphatic rings. The lowest BCUT2D eigenvalue weighted by molar-refractivity contribution is 0.781. The van der Waals surface area contributed by atoms with Gasteiger partial charge in [-0.25, -0.2) is 0 Å². The molecule has 2 bridgehead atoms. The van der Waals surface area contributed by atoms with Crippen molar-refractivity contribution in [2.24, 2.45) is 0 Å². The van der Waals surface area contributed by atoms with Gasteiger partial charge in [0.1, 0.15) is 12.1 Å². The number of hydrogen-bond donors (Lipinski definition) is 1. The van der Waals surface area contributed by atoms with Crippen LogP contribution in [0.1, 0.15) is 84.4 Å². The van der Waals surface area contributed by atoms with Crippen molar-refractivity contribution in [3.63, 3.8) is 0 Å². The van der Waals surface area contributed by atoms with Gasteiger partial charge in [0.25, 0.3) is 0 Å². The minimum Gasteiger partial charge on any atom is -0.381 e. The van der Waals surface area contributed by atoms with Crippen LogP contribution in [0.15, 0.2) is 139 Å². The molecule has 4 nitrogen and oxygen atoms in total. The van der Waals surface area contributed by atoms with E-state index in [1.807, 2.05) is 24.3 Å². The summed E-state index contributed by atoms with van der Waals surface area (Å²) in [6, 6.07) is 40.5. The fourth-order valence-electron chi connectivity index (χ4n) is 8.28. The zero-order valence-corrected chi connectivity index (χ0v) is 29.8. The quantitative estimate of drug-likeness (QED) is 0.164. The minimum atomic E-state index is -0.0542. The molecule has 1 aromatic heterocycles. The average molecular weight is 673 g/mol. The summed E-state index contributed by atoms with van der Waals surface area (Å²) in [7, 11) is 0. The topological polar surface area (TPSA) is 64.5 Å². The Morgan fingerprint density at radius 2 is 1.60 bits per heavy atom. The monoisotopic (exact) mass is 672 g/mol. The van der Waals surface area contributed by atoms with Crippen molar-refractivity contribution >= 4 is 38.6 Å². The number of hydrogen-bond acceptors (Lipinski definition) is 3. The maximum absolute atomic E-state index is 10.0. The lowest BCUT2D eigenvalue weighted by Gasteiger charge is -2.32. The Hall–Kier alpha value is -6.36. The van der Waals surface area contributed by atoms with Crippen LogP contribution in [-0.2, 0) is 6.54 Å². The fraction of sp³-hybridized carbons (Fsp3) is 0.167. The van der Waals surface area contributed by atoms with Crippen LogP contribution in [0.4, 0.5) is 5.69 Å². The summed E-state index contributed by atoms with van der Waals surface area (Å²) < 4.78 is 2.24. The van der Waals surface area contributed by atoms with Gasteiger partial charge in [0.2, 0.25) is 0 Å². The summed E-state index contributed by atoms with van der Waals surface area (Å²) in [5.41, 5.74) is 15.3. The number of para-hydroxylation sites is 2. The Bertz CT molecular complexity index is 2540. The Labute approximate surface area is 306 Å². The van der Waals surface area contributed by atoms with Crippen LogP contribution < -0.4 is 5.32 Å². The molecule has 8 rings (SSSR count). The van der Waals surface area contributed by atoms with Crippen LogP contribution in [0.25, 0.3) is 38.6 Å². The second-order valence-corrected chi connectivity index (χ2v) is 13.9. The number of allylic oxidation sites excluding steroid dienone is 8. The molecular weight excluding hydrogens is 633 g/mol. The first-order chi connectivity index (χ1) is 25.5. The van der Waals surface area contributed by atoms with Crippen LogP contribution in [0.2, 0.25) is 0 Å². The number of nitrogens with zero attached hydrogens (tertiary/aromatic N) is 3. The molecule has 0 aliphatic heterocycles. The summed E-state index contributed by atoms with van der Waals surface area (Å²) in [4.78, 5) is 0. The van der Waals surface area contributed by atoms with Crippen molar-refractivity contribution in [1.82, 2.24) is 4.57 Å². The number of nitriles is 2. The van der Waals surface area contributed by atoms with Crippen LogP contribution in [0.3, 0.4) is 0 Å². The van der Waals surface area contributed by atoms with E-state index >= 15 is 0 Å². The number of aromatic nitrogens is 1. The van der Waals surface area contributed by atoms with Gasteiger partial charge in [-0.1, -0.05) is 117 Å². The van der Waals surface area contributed by atoms with Gasteiger partial charge in [-0.05, 0) is 95.1 Å². The zero-order valence-electron chi connectivity index (χ0n) is 29.8. The maximum atomic E-state index is 10.0. The highest BCUT2D eigenvalue weighted by Crippen LogP contribution is 2.45. The van der Waals surface area contributed by atoms with E-state index in [-0.39, 0.29) is 5.92 Å². The smallest absolute Gasteiger partial charge is 0.101 e. The predicted octanol–water partition coefficient (Wildman–Crippen LogP) is 12.1. The van der Waals surface area contributed by atoms with Crippen LogP contribution in [0.5, 0.6) is 0 Å². The summed E-state index contributed by atoms with van der Waals surface area (Å²) in [5.74, 6) is 0.385. The van der Waals surface area contributed by atoms with Crippen molar-refractivity contribution in [1.29, 1.82) is 10.5 Å². The molecule has 0 spiro atoms. The second-order valence-electron chi connectivity index (χ2n) is 13.9. The first-order valence-electron chi connectivity index (χ1n) is 18.2. The third-order valence-electron chi connectivity index (χ3n) is 11.0. The number of nitrogens with one attached hydrogen (secondary N) is 1. The molecule has 0 saturated carbocycles. The van der Waals surface area contributed by atoms with Crippen molar-refractivity contribution in [3.05, 3.63) is 178 Å². The molecule has 6 aromatic rings. The van der Waals surface area contributed by atoms with Crippen molar-refractivity contribution in [2.45, 2.75) is 52.0 Å². The molecule has 1 unspecified atom stereocenters. The molecule has 252 valence electrons. The maximum Gasteiger partial charge on any atom is 0.101 e. The van der Waals surface area contributed by atoms with E-state index in [4.69, 9.17) is 0 Å². The molecule has 0 fully saturated rings. The largest absolute Gasteiger partial charge is 0.381 e. The average Bonchev–Trinajstić information content (AvgIpc) is 3.53. The highest BCUT2D eigenvalue weighted by molar-refractivity contribution is 6.09. The van der Waals surface area contributed by atoms with E-state index in [1.165, 1.54) is 22.3 Å². The molecule has 2 atom stereocenters. The van der Waals surface area contributed by atoms with Gasteiger partial charge in [0.15, 0.2) is 0 Å². The van der Waals surface area contributed by atoms with E-state index < -0.39 is 0 Å². The van der Waals surface area contributed by atoms with Gasteiger partial charge in [-0.3, -0.25) is 0 Å². The van der Waals surface area contributed by atoms with Gasteiger partial charge in [0, 0.05) is 34.8 Å². The number of fused-ring (bicyclic) bond motifs is 6. The van der Waals surface area contributed by atoms with E-state index in [1.54, 1.807) is 5.57 Å². The third kappa shape index (κ3) is 5.64. The number of rotatable bonds is 8. The van der Waals surface area contributed by atoms with Gasteiger partial charge < -0.3 is 9.88 Å². The number of benzene rings is 5. The normalized spacial score (nSPS) is 15.9. The molecule has 0 saturated heterocycles. The van der Waals surface area contributed by atoms with Gasteiger partial charge in [-0.15, -0.1) is 0 Å². The molecular formula is C48H40N4. The van der Waals surface area contributed by atoms with Gasteiger partial charge in [-0.2, -0.15) is 10.5 Å². The minimum absolute atomic E-state index is 0.0542. The number of anilines is 1. The Morgan fingerprint density at radius 3 is 2.33 bits per heavy atom. The van der Waals surface area contributed by atoms with Crippen LogP contribution in [0, 0.1) is 22.7 Å². The Kier molecular flexibility index (Phi) is 8.68. The first-order valence-corrected chi connectivity index (χ1v) is 18.2. The Morgan fingerprint density at radius 1 is 0.885 bits per heavy atom. The molecule has 0 amide bonds. The highest BCUT2D eigenvalue weighted by Gasteiger charge is 2.27. The summed E-state index contributed by atoms with van der Waals surface area (Å²) in [5, 5.41) is 26.1. The highest BCUT2D eigenvalue weighted by atomic mass is 15.0. The SMILES string of the molecule is C/C=C(\C=C/C(C)c1cc(C#N)c(C#N)cc1-n1c2ccccc2c2ccccc21)c1cccc(NCc2c3cccc2[C@@H](C)C2=C3C=CCC2)c1. The van der Waals surface area contributed by atoms with E-state index in [9.17, 15) is 10.5 Å². The van der Waals surface area contributed by atoms with Gasteiger partial charge >= 0.3 is 0 Å². The first kappa shape index (κ1) is 32.8. The summed E-state index contributed by atoms with van der Waals surface area (Å²) in [6.07, 6.45) is 13.4. The molecule has 1 N–H and O–H groups in total. The van der Waals surface area contributed by atoms with Crippen LogP contribution >= 0.6 is 0 Å². The summed E-state index contributed by atoms with van der Waals surface area (Å²) >= 11 is 0. The standard InChI is InChI=1S/C48H40N4/c1-4-33(34-13-11-14-37(25-34)51-30-45-39-19-12-20-41(45)40-16-6-5-15-38(40)32(39)3)24-23-31(2)44-26-35(28-49)36(29-50)27-48(44)52-46-21-9-7-17-42(46)43-18-8-10-22-47(43)52/h4,6-14,16-27,31-32,51H,5,15,30H2,1-3H3/b24-23-,33-4+/t31?,32-/m0/s1. The Balaban J connectivity index is 1.10. The molecule has 52 heavy (non-hydrogen) atoms. The fourth-order valence-corrected chi connectivity index (χ4v) is 8.28. The van der Waals surface area contributed by atoms with E-state index in [0.717, 1.165) is 69.3 Å². The summed E-state index contributed by atoms with van der Waals surface area (Å²) in [6.45, 7) is 7.35. The van der Waals surface area contributed by atoms with E-state index in [2.05, 4.69) is 152 Å².